The molecular formula is C13H13N2O4S2+. The Kier molecular flexibility index (Phi) is 2.96. The first kappa shape index (κ1) is 14.2. The third-order valence-corrected chi connectivity index (χ3v) is 5.30. The number of rotatable bonds is 2. The average molecular weight is 325 g/mol. The molecule has 0 atom stereocenters. The molecule has 4 N–H and O–H groups in total. The van der Waals surface area contributed by atoms with E-state index in [9.17, 15) is 16.8 Å². The van der Waals surface area contributed by atoms with Crippen molar-refractivity contribution in [3.05, 3.63) is 47.5 Å². The van der Waals surface area contributed by atoms with Crippen molar-refractivity contribution < 1.29 is 18.3 Å². The summed E-state index contributed by atoms with van der Waals surface area (Å²) in [5, 5.41) is 10.2. The zero-order valence-electron chi connectivity index (χ0n) is 11.8. The van der Waals surface area contributed by atoms with Crippen LogP contribution < -0.4 is 10.3 Å². The minimum Gasteiger partial charge on any atom is -0.225 e. The van der Waals surface area contributed by atoms with Gasteiger partial charge in [0.05, 0.1) is 9.79 Å². The van der Waals surface area contributed by atoms with Crippen molar-refractivity contribution in [1.29, 1.82) is 0 Å². The first-order chi connectivity index (χ1) is 9.66. The van der Waals surface area contributed by atoms with E-state index in [1.54, 1.807) is 12.1 Å². The summed E-state index contributed by atoms with van der Waals surface area (Å²) in [6.45, 7) is 0. The molecule has 6 nitrogen and oxygen atoms in total. The van der Waals surface area contributed by atoms with Gasteiger partial charge in [-0.3, -0.25) is 0 Å². The molecule has 3 rings (SSSR count). The van der Waals surface area contributed by atoms with Crippen molar-refractivity contribution in [2.24, 2.45) is 10.3 Å². The number of nitrogens with two attached hydrogens (primary N) is 2. The molecule has 0 bridgehead atoms. The van der Waals surface area contributed by atoms with Crippen molar-refractivity contribution >= 4 is 20.0 Å². The second-order valence-electron chi connectivity index (χ2n) is 4.90. The summed E-state index contributed by atoms with van der Waals surface area (Å²) in [6, 6.07) is 9.27. The highest BCUT2D eigenvalue weighted by Gasteiger charge is 2.22. The van der Waals surface area contributed by atoms with E-state index in [-0.39, 0.29) is 11.2 Å². The number of benzene rings is 2. The second kappa shape index (κ2) is 4.38. The van der Waals surface area contributed by atoms with Crippen LogP contribution in [-0.2, 0) is 26.5 Å². The molecule has 0 saturated heterocycles. The maximum atomic E-state index is 11.4. The van der Waals surface area contributed by atoms with Crippen LogP contribution in [0.1, 0.15) is 12.6 Å². The lowest BCUT2D eigenvalue weighted by Gasteiger charge is -2.04. The van der Waals surface area contributed by atoms with Crippen LogP contribution in [0, 0.1) is 0 Å². The summed E-state index contributed by atoms with van der Waals surface area (Å²) in [6.07, 6.45) is 0.442. The van der Waals surface area contributed by atoms with Crippen molar-refractivity contribution in [3.63, 3.8) is 0 Å². The van der Waals surface area contributed by atoms with Gasteiger partial charge in [0.15, 0.2) is 0 Å². The maximum Gasteiger partial charge on any atom is 1.00 e. The van der Waals surface area contributed by atoms with E-state index in [0.29, 0.717) is 6.42 Å². The van der Waals surface area contributed by atoms with Gasteiger partial charge in [-0.2, -0.15) is 0 Å². The zero-order chi connectivity index (χ0) is 15.4. The van der Waals surface area contributed by atoms with Crippen LogP contribution in [0.4, 0.5) is 0 Å². The van der Waals surface area contributed by atoms with E-state index < -0.39 is 20.0 Å². The molecule has 0 saturated carbocycles. The highest BCUT2D eigenvalue weighted by molar-refractivity contribution is 7.89. The maximum absolute atomic E-state index is 11.4. The lowest BCUT2D eigenvalue weighted by atomic mass is 10.1. The Bertz CT molecular complexity index is 890. The number of primary sulfonamides is 2. The van der Waals surface area contributed by atoms with Gasteiger partial charge in [0, 0.05) is 0 Å². The molecule has 0 spiro atoms. The molecular weight excluding hydrogens is 312 g/mol. The third kappa shape index (κ3) is 2.46. The number of hydrogen-bond donors (Lipinski definition) is 2. The Morgan fingerprint density at radius 1 is 0.762 bits per heavy atom. The topological polar surface area (TPSA) is 120 Å². The van der Waals surface area contributed by atoms with Crippen molar-refractivity contribution in [2.75, 3.05) is 0 Å². The second-order valence-corrected chi connectivity index (χ2v) is 8.03. The lowest BCUT2D eigenvalue weighted by Crippen LogP contribution is -2.12. The molecule has 8 heteroatoms. The van der Waals surface area contributed by atoms with Crippen molar-refractivity contribution in [3.8, 4) is 11.1 Å². The van der Waals surface area contributed by atoms with Gasteiger partial charge in [-0.1, -0.05) is 12.1 Å². The van der Waals surface area contributed by atoms with E-state index in [0.717, 1.165) is 22.3 Å². The van der Waals surface area contributed by atoms with Gasteiger partial charge in [-0.05, 0) is 52.9 Å². The highest BCUT2D eigenvalue weighted by atomic mass is 32.2. The van der Waals surface area contributed by atoms with Gasteiger partial charge in [0.25, 0.3) is 0 Å². The third-order valence-electron chi connectivity index (χ3n) is 3.48. The van der Waals surface area contributed by atoms with Crippen molar-refractivity contribution in [1.82, 2.24) is 0 Å². The quantitative estimate of drug-likeness (QED) is 0.719. The molecule has 0 aromatic heterocycles. The minimum absolute atomic E-state index is 0. The lowest BCUT2D eigenvalue weighted by molar-refractivity contribution is 0.596. The number of sulfonamides is 2. The Morgan fingerprint density at radius 3 is 1.48 bits per heavy atom. The molecule has 2 aromatic rings. The molecule has 0 unspecified atom stereocenters. The molecule has 2 aromatic carbocycles. The first-order valence-electron chi connectivity index (χ1n) is 5.98. The molecule has 0 radical (unpaired) electrons. The van der Waals surface area contributed by atoms with E-state index in [4.69, 9.17) is 10.3 Å². The van der Waals surface area contributed by atoms with Gasteiger partial charge in [0.1, 0.15) is 0 Å². The van der Waals surface area contributed by atoms with Gasteiger partial charge in [-0.15, -0.1) is 0 Å². The molecule has 0 heterocycles. The van der Waals surface area contributed by atoms with Crippen LogP contribution in [0.5, 0.6) is 0 Å². The molecule has 0 fully saturated rings. The fourth-order valence-electron chi connectivity index (χ4n) is 2.52. The molecule has 21 heavy (non-hydrogen) atoms. The van der Waals surface area contributed by atoms with Crippen molar-refractivity contribution in [2.45, 2.75) is 16.2 Å². The van der Waals surface area contributed by atoms with E-state index >= 15 is 0 Å². The molecule has 0 aliphatic heterocycles. The minimum atomic E-state index is -3.76. The van der Waals surface area contributed by atoms with Crippen LogP contribution in [-0.4, -0.2) is 16.8 Å². The SMILES string of the molecule is NS(=O)(=O)c1ccc2c(c1)Cc1cc(S(N)(=O)=O)ccc1-2.[H+]. The Labute approximate surface area is 124 Å². The number of hydrogen-bond acceptors (Lipinski definition) is 4. The summed E-state index contributed by atoms with van der Waals surface area (Å²) in [5.41, 5.74) is 3.34. The van der Waals surface area contributed by atoms with E-state index in [1.165, 1.54) is 24.3 Å². The Hall–Kier alpha value is -1.74. The summed E-state index contributed by atoms with van der Waals surface area (Å²) in [7, 11) is -7.52. The van der Waals surface area contributed by atoms with Gasteiger partial charge < -0.3 is 0 Å². The zero-order valence-corrected chi connectivity index (χ0v) is 12.4. The van der Waals surface area contributed by atoms with Gasteiger partial charge in [-0.25, -0.2) is 27.1 Å². The standard InChI is InChI=1S/C13H12N2O4S2/c14-20(16,17)10-1-3-12-8(6-10)5-9-7-11(21(15,18)19)2-4-13(9)12/h1-4,6-7H,5H2,(H2,14,16,17)(H2,15,18,19)/p+1. The predicted octanol–water partition coefficient (Wildman–Crippen LogP) is 0.665. The number of fused-ring (bicyclic) bond motifs is 3. The highest BCUT2D eigenvalue weighted by Crippen LogP contribution is 2.38. The van der Waals surface area contributed by atoms with Crippen LogP contribution >= 0.6 is 0 Å². The van der Waals surface area contributed by atoms with Gasteiger partial charge >= 0.3 is 1.43 Å². The largest absolute Gasteiger partial charge is 1.00 e. The van der Waals surface area contributed by atoms with Crippen LogP contribution in [0.3, 0.4) is 0 Å². The monoisotopic (exact) mass is 325 g/mol. The van der Waals surface area contributed by atoms with Crippen LogP contribution in [0.15, 0.2) is 46.2 Å². The van der Waals surface area contributed by atoms with E-state index in [2.05, 4.69) is 0 Å². The van der Waals surface area contributed by atoms with Crippen LogP contribution in [0.25, 0.3) is 11.1 Å². The molecule has 0 amide bonds. The summed E-state index contributed by atoms with van der Waals surface area (Å²) in [4.78, 5) is 0.0847. The summed E-state index contributed by atoms with van der Waals surface area (Å²) in [5.74, 6) is 0. The molecule has 110 valence electrons. The fraction of sp³-hybridized carbons (Fsp3) is 0.0769. The average Bonchev–Trinajstić information content (AvgIpc) is 2.73. The summed E-state index contributed by atoms with van der Waals surface area (Å²) >= 11 is 0. The predicted molar refractivity (Wildman–Crippen MR) is 78.5 cm³/mol. The van der Waals surface area contributed by atoms with E-state index in [1.807, 2.05) is 0 Å². The first-order valence-corrected chi connectivity index (χ1v) is 9.07. The summed E-state index contributed by atoms with van der Waals surface area (Å²) < 4.78 is 45.5. The molecule has 1 aliphatic carbocycles. The van der Waals surface area contributed by atoms with Gasteiger partial charge in [0.2, 0.25) is 20.0 Å². The molecule has 1 aliphatic rings. The fourth-order valence-corrected chi connectivity index (χ4v) is 3.65. The normalized spacial score (nSPS) is 13.8. The Balaban J connectivity index is 0.00000176. The smallest absolute Gasteiger partial charge is 0.225 e. The van der Waals surface area contributed by atoms with Crippen LogP contribution in [0.2, 0.25) is 0 Å². The Morgan fingerprint density at radius 2 is 1.14 bits per heavy atom.